The summed E-state index contributed by atoms with van der Waals surface area (Å²) >= 11 is 0. The Labute approximate surface area is 161 Å². The predicted octanol–water partition coefficient (Wildman–Crippen LogP) is 2.69. The van der Waals surface area contributed by atoms with Crippen LogP contribution in [0.2, 0.25) is 0 Å². The fraction of sp³-hybridized carbons (Fsp3) is 0.409. The van der Waals surface area contributed by atoms with Crippen LogP contribution >= 0.6 is 0 Å². The first-order chi connectivity index (χ1) is 13.1. The van der Waals surface area contributed by atoms with Crippen molar-refractivity contribution >= 4 is 5.91 Å². The Morgan fingerprint density at radius 3 is 2.26 bits per heavy atom. The molecule has 0 aliphatic carbocycles. The fourth-order valence-electron chi connectivity index (χ4n) is 3.41. The Kier molecular flexibility index (Phi) is 6.85. The van der Waals surface area contributed by atoms with E-state index in [4.69, 9.17) is 4.74 Å². The van der Waals surface area contributed by atoms with Crippen molar-refractivity contribution in [3.05, 3.63) is 65.7 Å². The van der Waals surface area contributed by atoms with E-state index >= 15 is 0 Å². The fourth-order valence-corrected chi connectivity index (χ4v) is 3.41. The van der Waals surface area contributed by atoms with Gasteiger partial charge in [-0.05, 0) is 30.2 Å². The third kappa shape index (κ3) is 5.81. The van der Waals surface area contributed by atoms with Gasteiger partial charge in [-0.15, -0.1) is 0 Å². The lowest BCUT2D eigenvalue weighted by molar-refractivity contribution is -0.123. The maximum Gasteiger partial charge on any atom is 0.234 e. The molecule has 1 heterocycles. The van der Waals surface area contributed by atoms with Crippen molar-refractivity contribution in [2.45, 2.75) is 19.5 Å². The topological polar surface area (TPSA) is 44.8 Å². The highest BCUT2D eigenvalue weighted by Crippen LogP contribution is 2.14. The van der Waals surface area contributed by atoms with Gasteiger partial charge in [0.15, 0.2) is 0 Å². The average molecular weight is 367 g/mol. The molecule has 27 heavy (non-hydrogen) atoms. The van der Waals surface area contributed by atoms with Crippen LogP contribution in [0.1, 0.15) is 24.1 Å². The van der Waals surface area contributed by atoms with Gasteiger partial charge in [0.2, 0.25) is 5.91 Å². The number of nitrogens with one attached hydrogen (secondary N) is 1. The molecule has 2 aromatic carbocycles. The van der Waals surface area contributed by atoms with E-state index in [1.807, 2.05) is 49.4 Å². The maximum absolute atomic E-state index is 12.3. The van der Waals surface area contributed by atoms with E-state index in [-0.39, 0.29) is 11.9 Å². The number of ether oxygens (including phenoxy) is 1. The second-order valence-corrected chi connectivity index (χ2v) is 7.10. The van der Waals surface area contributed by atoms with Crippen LogP contribution in [0, 0.1) is 0 Å². The van der Waals surface area contributed by atoms with E-state index < -0.39 is 0 Å². The van der Waals surface area contributed by atoms with Gasteiger partial charge >= 0.3 is 0 Å². The van der Waals surface area contributed by atoms with Crippen molar-refractivity contribution in [3.8, 4) is 5.75 Å². The molecule has 144 valence electrons. The normalized spacial score (nSPS) is 16.7. The lowest BCUT2D eigenvalue weighted by atomic mass is 10.1. The molecule has 5 heteroatoms. The van der Waals surface area contributed by atoms with Crippen molar-refractivity contribution in [2.75, 3.05) is 39.8 Å². The summed E-state index contributed by atoms with van der Waals surface area (Å²) in [5.74, 6) is 0.981. The number of methoxy groups -OCH3 is 1. The number of rotatable bonds is 7. The van der Waals surface area contributed by atoms with Crippen LogP contribution in [-0.2, 0) is 11.3 Å². The molecule has 0 radical (unpaired) electrons. The number of hydrogen-bond acceptors (Lipinski definition) is 4. The summed E-state index contributed by atoms with van der Waals surface area (Å²) in [4.78, 5) is 17.0. The molecule has 1 fully saturated rings. The first kappa shape index (κ1) is 19.4. The van der Waals surface area contributed by atoms with Crippen LogP contribution < -0.4 is 10.1 Å². The molecule has 0 aromatic heterocycles. The van der Waals surface area contributed by atoms with Crippen LogP contribution in [0.25, 0.3) is 0 Å². The van der Waals surface area contributed by atoms with E-state index in [9.17, 15) is 4.79 Å². The Balaban J connectivity index is 1.40. The lowest BCUT2D eigenvalue weighted by Gasteiger charge is -2.34. The summed E-state index contributed by atoms with van der Waals surface area (Å²) in [6.45, 7) is 7.23. The van der Waals surface area contributed by atoms with Gasteiger partial charge in [0.05, 0.1) is 19.7 Å². The highest BCUT2D eigenvalue weighted by molar-refractivity contribution is 5.78. The van der Waals surface area contributed by atoms with Crippen molar-refractivity contribution in [1.29, 1.82) is 0 Å². The third-order valence-corrected chi connectivity index (χ3v) is 5.07. The lowest BCUT2D eigenvalue weighted by Crippen LogP contribution is -2.49. The van der Waals surface area contributed by atoms with Gasteiger partial charge in [0.1, 0.15) is 5.75 Å². The SMILES string of the molecule is COc1ccc(CN2CCN(CC(=O)N[C@@H](C)c3ccccc3)CC2)cc1. The van der Waals surface area contributed by atoms with Crippen LogP contribution in [0.5, 0.6) is 5.75 Å². The first-order valence-electron chi connectivity index (χ1n) is 9.56. The minimum absolute atomic E-state index is 0.0371. The number of benzene rings is 2. The molecule has 5 nitrogen and oxygen atoms in total. The molecule has 1 aliphatic rings. The summed E-state index contributed by atoms with van der Waals surface area (Å²) in [6, 6.07) is 18.4. The van der Waals surface area contributed by atoms with E-state index in [1.165, 1.54) is 5.56 Å². The van der Waals surface area contributed by atoms with Gasteiger partial charge in [-0.1, -0.05) is 42.5 Å². The standard InChI is InChI=1S/C22H29N3O2/c1-18(20-6-4-3-5-7-20)23-22(26)17-25-14-12-24(13-15-25)16-19-8-10-21(27-2)11-9-19/h3-11,18H,12-17H2,1-2H3,(H,23,26)/t18-/m0/s1. The number of piperazine rings is 1. The second kappa shape index (κ2) is 9.53. The molecule has 1 atom stereocenters. The van der Waals surface area contributed by atoms with E-state index in [2.05, 4.69) is 27.2 Å². The molecule has 1 saturated heterocycles. The third-order valence-electron chi connectivity index (χ3n) is 5.07. The zero-order valence-corrected chi connectivity index (χ0v) is 16.2. The molecule has 0 bridgehead atoms. The number of nitrogens with zero attached hydrogens (tertiary/aromatic N) is 2. The number of carbonyl (C=O) groups is 1. The van der Waals surface area contributed by atoms with E-state index in [0.29, 0.717) is 6.54 Å². The van der Waals surface area contributed by atoms with Crippen LogP contribution in [0.4, 0.5) is 0 Å². The van der Waals surface area contributed by atoms with Gasteiger partial charge in [-0.25, -0.2) is 0 Å². The largest absolute Gasteiger partial charge is 0.497 e. The van der Waals surface area contributed by atoms with Crippen molar-refractivity contribution < 1.29 is 9.53 Å². The number of amides is 1. The Morgan fingerprint density at radius 2 is 1.63 bits per heavy atom. The van der Waals surface area contributed by atoms with E-state index in [1.54, 1.807) is 7.11 Å². The minimum Gasteiger partial charge on any atom is -0.497 e. The summed E-state index contributed by atoms with van der Waals surface area (Å²) in [5.41, 5.74) is 2.42. The summed E-state index contributed by atoms with van der Waals surface area (Å²) in [6.07, 6.45) is 0. The quantitative estimate of drug-likeness (QED) is 0.817. The molecular weight excluding hydrogens is 338 g/mol. The van der Waals surface area contributed by atoms with Gasteiger partial charge < -0.3 is 10.1 Å². The van der Waals surface area contributed by atoms with Crippen LogP contribution in [0.3, 0.4) is 0 Å². The highest BCUT2D eigenvalue weighted by Gasteiger charge is 2.20. The van der Waals surface area contributed by atoms with Crippen molar-refractivity contribution in [3.63, 3.8) is 0 Å². The Hall–Kier alpha value is -2.37. The monoisotopic (exact) mass is 367 g/mol. The summed E-state index contributed by atoms with van der Waals surface area (Å²) < 4.78 is 5.21. The molecule has 0 saturated carbocycles. The molecule has 1 N–H and O–H groups in total. The van der Waals surface area contributed by atoms with Gasteiger partial charge in [0.25, 0.3) is 0 Å². The molecule has 0 spiro atoms. The molecule has 1 aliphatic heterocycles. The summed E-state index contributed by atoms with van der Waals surface area (Å²) in [7, 11) is 1.69. The predicted molar refractivity (Wildman–Crippen MR) is 108 cm³/mol. The van der Waals surface area contributed by atoms with Gasteiger partial charge in [-0.2, -0.15) is 0 Å². The van der Waals surface area contributed by atoms with Crippen molar-refractivity contribution in [1.82, 2.24) is 15.1 Å². The van der Waals surface area contributed by atoms with Crippen LogP contribution in [0.15, 0.2) is 54.6 Å². The molecule has 0 unspecified atom stereocenters. The maximum atomic E-state index is 12.3. The van der Waals surface area contributed by atoms with Gasteiger partial charge in [-0.3, -0.25) is 14.6 Å². The number of hydrogen-bond donors (Lipinski definition) is 1. The molecule has 3 rings (SSSR count). The zero-order valence-electron chi connectivity index (χ0n) is 16.2. The molecular formula is C22H29N3O2. The second-order valence-electron chi connectivity index (χ2n) is 7.10. The number of carbonyl (C=O) groups excluding carboxylic acids is 1. The zero-order chi connectivity index (χ0) is 19.1. The Morgan fingerprint density at radius 1 is 1.00 bits per heavy atom. The van der Waals surface area contributed by atoms with E-state index in [0.717, 1.165) is 44.0 Å². The summed E-state index contributed by atoms with van der Waals surface area (Å²) in [5, 5.41) is 3.10. The van der Waals surface area contributed by atoms with Crippen molar-refractivity contribution in [2.24, 2.45) is 0 Å². The Bertz CT molecular complexity index is 710. The highest BCUT2D eigenvalue weighted by atomic mass is 16.5. The van der Waals surface area contributed by atoms with Gasteiger partial charge in [0, 0.05) is 32.7 Å². The molecule has 1 amide bonds. The minimum atomic E-state index is 0.0371. The smallest absolute Gasteiger partial charge is 0.234 e. The first-order valence-corrected chi connectivity index (χ1v) is 9.56. The van der Waals surface area contributed by atoms with Crippen LogP contribution in [-0.4, -0.2) is 55.5 Å². The average Bonchev–Trinajstić information content (AvgIpc) is 2.70. The molecule has 2 aromatic rings.